The smallest absolute Gasteiger partial charge is 0.0490 e. The molecule has 0 aliphatic heterocycles. The number of hydrogen-bond acceptors (Lipinski definition) is 2. The minimum Gasteiger partial charge on any atom is -0.310 e. The van der Waals surface area contributed by atoms with E-state index < -0.39 is 5.41 Å². The van der Waals surface area contributed by atoms with Gasteiger partial charge < -0.3 is 9.80 Å². The lowest BCUT2D eigenvalue weighted by atomic mass is 9.67. The largest absolute Gasteiger partial charge is 0.310 e. The fourth-order valence-electron chi connectivity index (χ4n) is 14.2. The van der Waals surface area contributed by atoms with Crippen LogP contribution >= 0.6 is 0 Å². The summed E-state index contributed by atoms with van der Waals surface area (Å²) in [6, 6.07) is 85.6. The summed E-state index contributed by atoms with van der Waals surface area (Å²) in [4.78, 5) is 4.95. The van der Waals surface area contributed by atoms with Crippen molar-refractivity contribution >= 4 is 34.1 Å². The third-order valence-electron chi connectivity index (χ3n) is 18.1. The zero-order chi connectivity index (χ0) is 52.3. The summed E-state index contributed by atoms with van der Waals surface area (Å²) in [6.07, 6.45) is 0.880. The molecule has 0 bridgehead atoms. The standard InChI is InChI=1S/C74H66N2/c1-48-27-41-69(50(3)43-48)75(57-37-39-61-59-21-13-15-23-63(59)71(5,6)67(61)45-57)55-33-29-52(30-34-55)73(9)47-74(53-19-11-10-12-20-53,66-26-18-17-25-65(66)73)54-31-35-56(36-32-54)76(70-42-28-49(2)44-51(70)4)58-38-40-62-60-22-14-16-24-64(60)72(7,8)68(62)46-58/h10-46H,47H2,1-9H3. The monoisotopic (exact) mass is 983 g/mol. The molecule has 0 amide bonds. The topological polar surface area (TPSA) is 6.48 Å². The Morgan fingerprint density at radius 3 is 1.16 bits per heavy atom. The molecule has 2 unspecified atom stereocenters. The summed E-state index contributed by atoms with van der Waals surface area (Å²) in [7, 11) is 0. The van der Waals surface area contributed by atoms with E-state index >= 15 is 0 Å². The Morgan fingerprint density at radius 2 is 0.684 bits per heavy atom. The van der Waals surface area contributed by atoms with Crippen LogP contribution in [0.1, 0.15) is 113 Å². The molecular weight excluding hydrogens is 917 g/mol. The molecule has 3 aliphatic rings. The van der Waals surface area contributed by atoms with Crippen LogP contribution in [0.5, 0.6) is 0 Å². The Hall–Kier alpha value is -8.20. The van der Waals surface area contributed by atoms with Crippen molar-refractivity contribution in [2.24, 2.45) is 0 Å². The van der Waals surface area contributed by atoms with Crippen LogP contribution in [-0.2, 0) is 21.7 Å². The quantitative estimate of drug-likeness (QED) is 0.142. The lowest BCUT2D eigenvalue weighted by molar-refractivity contribution is 0.473. The maximum atomic E-state index is 2.48. The summed E-state index contributed by atoms with van der Waals surface area (Å²) < 4.78 is 0. The fourth-order valence-corrected chi connectivity index (χ4v) is 14.2. The third kappa shape index (κ3) is 7.13. The molecule has 0 N–H and O–H groups in total. The van der Waals surface area contributed by atoms with E-state index in [0.717, 1.165) is 17.8 Å². The van der Waals surface area contributed by atoms with Crippen LogP contribution in [0, 0.1) is 27.7 Å². The molecule has 2 nitrogen and oxygen atoms in total. The molecule has 0 saturated heterocycles. The van der Waals surface area contributed by atoms with Crippen molar-refractivity contribution in [3.63, 3.8) is 0 Å². The van der Waals surface area contributed by atoms with Crippen molar-refractivity contribution in [2.45, 2.75) is 90.4 Å². The van der Waals surface area contributed by atoms with E-state index in [4.69, 9.17) is 0 Å². The molecule has 0 fully saturated rings. The van der Waals surface area contributed by atoms with Crippen LogP contribution < -0.4 is 9.80 Å². The molecule has 76 heavy (non-hydrogen) atoms. The van der Waals surface area contributed by atoms with Crippen molar-refractivity contribution < 1.29 is 0 Å². The van der Waals surface area contributed by atoms with E-state index in [1.54, 1.807) is 0 Å². The zero-order valence-electron chi connectivity index (χ0n) is 45.5. The second-order valence-electron chi connectivity index (χ2n) is 23.5. The molecule has 0 saturated carbocycles. The first kappa shape index (κ1) is 47.5. The Bertz CT molecular complexity index is 3910. The van der Waals surface area contributed by atoms with Crippen molar-refractivity contribution in [3.8, 4) is 22.3 Å². The van der Waals surface area contributed by atoms with Gasteiger partial charge in [0.2, 0.25) is 0 Å². The first-order chi connectivity index (χ1) is 36.7. The highest BCUT2D eigenvalue weighted by Gasteiger charge is 2.52. The normalized spacial score (nSPS) is 18.1. The Kier molecular flexibility index (Phi) is 10.9. The van der Waals surface area contributed by atoms with Gasteiger partial charge in [-0.2, -0.15) is 0 Å². The second kappa shape index (κ2) is 17.4. The number of hydrogen-bond donors (Lipinski definition) is 0. The molecule has 2 heteroatoms. The van der Waals surface area contributed by atoms with Crippen molar-refractivity contribution in [2.75, 3.05) is 9.80 Å². The molecule has 0 radical (unpaired) electrons. The van der Waals surface area contributed by atoms with Gasteiger partial charge in [-0.3, -0.25) is 0 Å². The Labute approximate surface area is 451 Å². The highest BCUT2D eigenvalue weighted by molar-refractivity contribution is 5.88. The van der Waals surface area contributed by atoms with Gasteiger partial charge in [0, 0.05) is 55.8 Å². The zero-order valence-corrected chi connectivity index (χ0v) is 45.5. The van der Waals surface area contributed by atoms with Gasteiger partial charge in [-0.25, -0.2) is 0 Å². The van der Waals surface area contributed by atoms with Crippen LogP contribution in [0.4, 0.5) is 34.1 Å². The second-order valence-corrected chi connectivity index (χ2v) is 23.5. The van der Waals surface area contributed by atoms with E-state index in [1.165, 1.54) is 117 Å². The summed E-state index contributed by atoms with van der Waals surface area (Å²) in [5, 5.41) is 0. The van der Waals surface area contributed by atoms with Crippen LogP contribution in [0.15, 0.2) is 224 Å². The molecule has 0 aromatic heterocycles. The summed E-state index contributed by atoms with van der Waals surface area (Å²) in [6.45, 7) is 20.8. The molecule has 0 spiro atoms. The van der Waals surface area contributed by atoms with Gasteiger partial charge in [0.1, 0.15) is 0 Å². The highest BCUT2D eigenvalue weighted by Crippen LogP contribution is 2.60. The number of fused-ring (bicyclic) bond motifs is 7. The molecule has 10 aromatic rings. The van der Waals surface area contributed by atoms with Gasteiger partial charge in [0.15, 0.2) is 0 Å². The lowest BCUT2D eigenvalue weighted by Gasteiger charge is -2.36. The fraction of sp³-hybridized carbons (Fsp3) is 0.189. The van der Waals surface area contributed by atoms with Gasteiger partial charge >= 0.3 is 0 Å². The minimum atomic E-state index is -0.419. The van der Waals surface area contributed by atoms with E-state index in [1.807, 2.05) is 0 Å². The average molecular weight is 983 g/mol. The third-order valence-corrected chi connectivity index (χ3v) is 18.1. The van der Waals surface area contributed by atoms with E-state index in [2.05, 4.69) is 297 Å². The molecule has 372 valence electrons. The van der Waals surface area contributed by atoms with Gasteiger partial charge in [-0.05, 0) is 178 Å². The van der Waals surface area contributed by atoms with E-state index in [-0.39, 0.29) is 16.2 Å². The summed E-state index contributed by atoms with van der Waals surface area (Å²) in [5.74, 6) is 0. The van der Waals surface area contributed by atoms with Crippen LogP contribution in [-0.4, -0.2) is 0 Å². The van der Waals surface area contributed by atoms with Crippen molar-refractivity contribution in [1.82, 2.24) is 0 Å². The Balaban J connectivity index is 0.911. The van der Waals surface area contributed by atoms with E-state index in [0.29, 0.717) is 0 Å². The van der Waals surface area contributed by atoms with Gasteiger partial charge in [-0.1, -0.05) is 210 Å². The van der Waals surface area contributed by atoms with Crippen molar-refractivity contribution in [1.29, 1.82) is 0 Å². The first-order valence-corrected chi connectivity index (χ1v) is 27.3. The van der Waals surface area contributed by atoms with Crippen LogP contribution in [0.3, 0.4) is 0 Å². The van der Waals surface area contributed by atoms with Crippen LogP contribution in [0.2, 0.25) is 0 Å². The molecule has 3 aliphatic carbocycles. The minimum absolute atomic E-state index is 0.109. The maximum absolute atomic E-state index is 2.48. The predicted molar refractivity (Wildman–Crippen MR) is 320 cm³/mol. The average Bonchev–Trinajstić information content (AvgIpc) is 4.00. The maximum Gasteiger partial charge on any atom is 0.0490 e. The van der Waals surface area contributed by atoms with E-state index in [9.17, 15) is 0 Å². The summed E-state index contributed by atoms with van der Waals surface area (Å²) >= 11 is 0. The number of aryl methyl sites for hydroxylation is 4. The Morgan fingerprint density at radius 1 is 0.303 bits per heavy atom. The number of anilines is 6. The number of nitrogens with zero attached hydrogens (tertiary/aromatic N) is 2. The molecular formula is C74H66N2. The van der Waals surface area contributed by atoms with Crippen molar-refractivity contribution in [3.05, 3.63) is 297 Å². The molecule has 0 heterocycles. The van der Waals surface area contributed by atoms with Gasteiger partial charge in [0.05, 0.1) is 0 Å². The predicted octanol–water partition coefficient (Wildman–Crippen LogP) is 19.5. The first-order valence-electron chi connectivity index (χ1n) is 27.3. The van der Waals surface area contributed by atoms with Gasteiger partial charge in [0.25, 0.3) is 0 Å². The number of rotatable bonds is 9. The van der Waals surface area contributed by atoms with Gasteiger partial charge in [-0.15, -0.1) is 0 Å². The summed E-state index contributed by atoms with van der Waals surface area (Å²) in [5.41, 5.74) is 28.6. The highest BCUT2D eigenvalue weighted by atomic mass is 15.1. The molecule has 10 aromatic carbocycles. The lowest BCUT2D eigenvalue weighted by Crippen LogP contribution is -2.30. The number of benzene rings is 10. The molecule has 2 atom stereocenters. The van der Waals surface area contributed by atoms with Crippen LogP contribution in [0.25, 0.3) is 22.3 Å². The SMILES string of the molecule is Cc1ccc(N(c2ccc(C3(C)CC(c4ccccc4)(c4ccc(N(c5ccc6c(c5)C(C)(C)c5ccccc5-6)c5ccc(C)cc5C)cc4)c4ccccc43)cc2)c2ccc3c(c2)C(C)(C)c2ccccc2-3)c(C)c1. The molecule has 13 rings (SSSR count).